The second kappa shape index (κ2) is 13.8. The summed E-state index contributed by atoms with van der Waals surface area (Å²) in [4.78, 5) is 61.8. The number of aromatic amines is 1. The molecule has 2 aliphatic heterocycles. The third-order valence-corrected chi connectivity index (χ3v) is 8.89. The maximum atomic E-state index is 12.9. The summed E-state index contributed by atoms with van der Waals surface area (Å²) in [5, 5.41) is 24.5. The molecule has 0 bridgehead atoms. The molecule has 1 saturated heterocycles. The molecule has 2 atom stereocenters. The van der Waals surface area contributed by atoms with E-state index < -0.39 is 29.2 Å². The first-order valence-corrected chi connectivity index (χ1v) is 15.4. The fourth-order valence-corrected chi connectivity index (χ4v) is 7.12. The molecule has 1 fully saturated rings. The third-order valence-electron chi connectivity index (χ3n) is 5.40. The lowest BCUT2D eigenvalue weighted by Crippen LogP contribution is -2.70. The number of carboxylic acids is 1. The number of aromatic nitrogens is 3. The van der Waals surface area contributed by atoms with E-state index in [1.54, 1.807) is 24.3 Å². The summed E-state index contributed by atoms with van der Waals surface area (Å²) in [5.74, 6) is -1.11. The Morgan fingerprint density at radius 2 is 1.95 bits per heavy atom. The zero-order valence-electron chi connectivity index (χ0n) is 20.4. The standard InChI is InChI=1S/C23H22Cl2N6O6S3/c24-13-6-12(7-14(25)27-13)39-10-17(34)29-18-20(35)31-19(22(36)37)11(9-40-21(18)31)2-1-5-38-23-28-15(26-3-4-32)8-16(33)30-23/h1-2,6-8,18,21,32H,3-5,9-10H2,(H,29,34)(H,36,37)(H2,26,28,30,33)/b2-1+/t18-,21?/m1/s1. The third kappa shape index (κ3) is 7.53. The SMILES string of the molecule is O=C(CSc1cc(Cl)nc(Cl)c1)N[C@@H]1C(=O)N2C(C(=O)O)=C(/C=C/CSc3nc(NCCO)cc(=O)[nH]3)CSC12. The Kier molecular flexibility index (Phi) is 10.4. The zero-order valence-corrected chi connectivity index (χ0v) is 24.4. The van der Waals surface area contributed by atoms with Gasteiger partial charge < -0.3 is 25.8 Å². The van der Waals surface area contributed by atoms with Crippen LogP contribution in [0.25, 0.3) is 0 Å². The summed E-state index contributed by atoms with van der Waals surface area (Å²) in [6, 6.07) is 3.58. The lowest BCUT2D eigenvalue weighted by Gasteiger charge is -2.49. The van der Waals surface area contributed by atoms with Gasteiger partial charge in [-0.05, 0) is 17.7 Å². The van der Waals surface area contributed by atoms with Gasteiger partial charge in [-0.2, -0.15) is 0 Å². The van der Waals surface area contributed by atoms with Crippen molar-refractivity contribution >= 4 is 82.1 Å². The molecular weight excluding hydrogens is 623 g/mol. The van der Waals surface area contributed by atoms with E-state index in [2.05, 4.69) is 25.6 Å². The van der Waals surface area contributed by atoms with Crippen molar-refractivity contribution in [3.05, 3.63) is 62.3 Å². The molecule has 17 heteroatoms. The molecule has 5 N–H and O–H groups in total. The van der Waals surface area contributed by atoms with Crippen molar-refractivity contribution in [3.8, 4) is 0 Å². The number of nitrogens with one attached hydrogen (secondary N) is 3. The minimum absolute atomic E-state index is 0.00560. The first-order valence-electron chi connectivity index (χ1n) is 11.6. The van der Waals surface area contributed by atoms with Gasteiger partial charge in [0, 0.05) is 29.0 Å². The number of aliphatic hydroxyl groups excluding tert-OH is 1. The average Bonchev–Trinajstić information content (AvgIpc) is 2.90. The highest BCUT2D eigenvalue weighted by molar-refractivity contribution is 8.00. The van der Waals surface area contributed by atoms with Crippen LogP contribution in [0, 0.1) is 0 Å². The van der Waals surface area contributed by atoms with Gasteiger partial charge in [-0.1, -0.05) is 47.1 Å². The molecule has 1 unspecified atom stereocenters. The number of H-pyrrole nitrogens is 1. The van der Waals surface area contributed by atoms with Gasteiger partial charge in [0.2, 0.25) is 5.91 Å². The van der Waals surface area contributed by atoms with Gasteiger partial charge in [-0.15, -0.1) is 23.5 Å². The van der Waals surface area contributed by atoms with Gasteiger partial charge in [0.1, 0.15) is 33.2 Å². The highest BCUT2D eigenvalue weighted by Crippen LogP contribution is 2.40. The molecule has 0 spiro atoms. The van der Waals surface area contributed by atoms with Gasteiger partial charge in [0.05, 0.1) is 12.4 Å². The second-order valence-corrected chi connectivity index (χ2v) is 12.1. The van der Waals surface area contributed by atoms with Crippen LogP contribution in [0.15, 0.2) is 56.5 Å². The van der Waals surface area contributed by atoms with E-state index in [1.165, 1.54) is 46.3 Å². The number of amides is 2. The Hall–Kier alpha value is -2.69. The van der Waals surface area contributed by atoms with E-state index >= 15 is 0 Å². The molecule has 2 aliphatic rings. The van der Waals surface area contributed by atoms with Gasteiger partial charge in [0.15, 0.2) is 5.16 Å². The maximum absolute atomic E-state index is 12.9. The number of fused-ring (bicyclic) bond motifs is 1. The van der Waals surface area contributed by atoms with Gasteiger partial charge >= 0.3 is 5.97 Å². The quantitative estimate of drug-likeness (QED) is 0.0984. The van der Waals surface area contributed by atoms with E-state index in [4.69, 9.17) is 28.3 Å². The number of nitrogens with zero attached hydrogens (tertiary/aromatic N) is 3. The fraction of sp³-hybridized carbons (Fsp3) is 0.304. The minimum atomic E-state index is -1.24. The smallest absolute Gasteiger partial charge is 0.352 e. The van der Waals surface area contributed by atoms with Crippen molar-refractivity contribution in [2.75, 3.05) is 35.7 Å². The number of hydrogen-bond acceptors (Lipinski definition) is 11. The van der Waals surface area contributed by atoms with Crippen molar-refractivity contribution in [2.45, 2.75) is 21.5 Å². The number of rotatable bonds is 12. The highest BCUT2D eigenvalue weighted by Gasteiger charge is 2.53. The van der Waals surface area contributed by atoms with Crippen LogP contribution in [0.3, 0.4) is 0 Å². The van der Waals surface area contributed by atoms with Crippen LogP contribution in [-0.4, -0.2) is 89.7 Å². The molecule has 40 heavy (non-hydrogen) atoms. The Morgan fingerprint density at radius 3 is 2.65 bits per heavy atom. The van der Waals surface area contributed by atoms with Crippen LogP contribution >= 0.6 is 58.5 Å². The Morgan fingerprint density at radius 1 is 1.20 bits per heavy atom. The number of pyridine rings is 1. The molecule has 12 nitrogen and oxygen atoms in total. The van der Waals surface area contributed by atoms with Crippen molar-refractivity contribution < 1.29 is 24.6 Å². The summed E-state index contributed by atoms with van der Waals surface area (Å²) >= 11 is 15.5. The summed E-state index contributed by atoms with van der Waals surface area (Å²) in [6.07, 6.45) is 3.35. The first-order chi connectivity index (χ1) is 19.2. The Bertz CT molecular complexity index is 1420. The molecule has 2 aromatic heterocycles. The number of allylic oxidation sites excluding steroid dienone is 1. The largest absolute Gasteiger partial charge is 0.477 e. The van der Waals surface area contributed by atoms with Gasteiger partial charge in [-0.3, -0.25) is 19.3 Å². The Balaban J connectivity index is 1.35. The maximum Gasteiger partial charge on any atom is 0.352 e. The molecule has 2 aromatic rings. The number of carbonyl (C=O) groups excluding carboxylic acids is 2. The number of thioether (sulfide) groups is 3. The highest BCUT2D eigenvalue weighted by atomic mass is 35.5. The summed E-state index contributed by atoms with van der Waals surface area (Å²) in [7, 11) is 0. The zero-order chi connectivity index (χ0) is 28.8. The van der Waals surface area contributed by atoms with E-state index in [0.29, 0.717) is 32.9 Å². The number of anilines is 1. The van der Waals surface area contributed by atoms with E-state index in [-0.39, 0.29) is 40.5 Å². The van der Waals surface area contributed by atoms with Crippen LogP contribution in [0.2, 0.25) is 10.3 Å². The molecule has 212 valence electrons. The van der Waals surface area contributed by atoms with E-state index in [9.17, 15) is 24.3 Å². The number of aliphatic hydroxyl groups is 1. The number of aliphatic carboxylic acids is 1. The minimum Gasteiger partial charge on any atom is -0.477 e. The van der Waals surface area contributed by atoms with Crippen molar-refractivity contribution in [2.24, 2.45) is 0 Å². The average molecular weight is 646 g/mol. The number of halogens is 2. The molecule has 0 saturated carbocycles. The molecule has 0 radical (unpaired) electrons. The molecule has 4 rings (SSSR count). The fourth-order valence-electron chi connectivity index (χ4n) is 3.76. The van der Waals surface area contributed by atoms with Gasteiger partial charge in [-0.25, -0.2) is 14.8 Å². The second-order valence-electron chi connectivity index (χ2n) is 8.17. The van der Waals surface area contributed by atoms with Crippen LogP contribution in [0.1, 0.15) is 0 Å². The molecular formula is C23H22Cl2N6O6S3. The van der Waals surface area contributed by atoms with E-state index in [1.807, 2.05) is 0 Å². The first kappa shape index (κ1) is 30.3. The van der Waals surface area contributed by atoms with Crippen molar-refractivity contribution in [3.63, 3.8) is 0 Å². The summed E-state index contributed by atoms with van der Waals surface area (Å²) in [6.45, 7) is 0.142. The molecule has 4 heterocycles. The molecule has 2 amide bonds. The lowest BCUT2D eigenvalue weighted by molar-refractivity contribution is -0.150. The van der Waals surface area contributed by atoms with Crippen LogP contribution < -0.4 is 16.2 Å². The topological polar surface area (TPSA) is 178 Å². The number of carboxylic acid groups (broad SMARTS) is 1. The number of β-lactam (4-membered cyclic amide) rings is 1. The lowest BCUT2D eigenvalue weighted by atomic mass is 10.0. The predicted molar refractivity (Wildman–Crippen MR) is 155 cm³/mol. The van der Waals surface area contributed by atoms with Crippen LogP contribution in [0.5, 0.6) is 0 Å². The normalized spacial score (nSPS) is 18.5. The number of carbonyl (C=O) groups is 3. The molecule has 0 aromatic carbocycles. The summed E-state index contributed by atoms with van der Waals surface area (Å²) < 4.78 is 0. The van der Waals surface area contributed by atoms with E-state index in [0.717, 1.165) is 0 Å². The monoisotopic (exact) mass is 644 g/mol. The predicted octanol–water partition coefficient (Wildman–Crippen LogP) is 2.06. The van der Waals surface area contributed by atoms with Crippen molar-refractivity contribution in [1.29, 1.82) is 0 Å². The van der Waals surface area contributed by atoms with Crippen LogP contribution in [0.4, 0.5) is 5.82 Å². The van der Waals surface area contributed by atoms with Crippen LogP contribution in [-0.2, 0) is 14.4 Å². The van der Waals surface area contributed by atoms with Gasteiger partial charge in [0.25, 0.3) is 11.5 Å². The van der Waals surface area contributed by atoms with Crippen molar-refractivity contribution in [1.82, 2.24) is 25.2 Å². The number of hydrogen-bond donors (Lipinski definition) is 5. The summed E-state index contributed by atoms with van der Waals surface area (Å²) in [5.41, 5.74) is -0.0258. The molecule has 0 aliphatic carbocycles. The Labute approximate surface area is 250 Å².